The number of nitrogens with one attached hydrogen (secondary N) is 1. The van der Waals surface area contributed by atoms with Gasteiger partial charge in [-0.15, -0.1) is 0 Å². The van der Waals surface area contributed by atoms with E-state index in [1.807, 2.05) is 7.05 Å². The van der Waals surface area contributed by atoms with Gasteiger partial charge in [-0.05, 0) is 25.3 Å². The molecule has 1 aliphatic carbocycles. The first kappa shape index (κ1) is 11.0. The van der Waals surface area contributed by atoms with Crippen molar-refractivity contribution < 1.29 is 5.11 Å². The third-order valence-electron chi connectivity index (χ3n) is 3.62. The van der Waals surface area contributed by atoms with Crippen LogP contribution in [0.1, 0.15) is 45.4 Å². The van der Waals surface area contributed by atoms with Crippen molar-refractivity contribution in [1.29, 1.82) is 0 Å². The van der Waals surface area contributed by atoms with Gasteiger partial charge in [0.2, 0.25) is 0 Å². The van der Waals surface area contributed by atoms with Crippen LogP contribution < -0.4 is 5.32 Å². The Balaban J connectivity index is 2.58. The molecule has 2 heteroatoms. The van der Waals surface area contributed by atoms with Gasteiger partial charge in [-0.2, -0.15) is 0 Å². The van der Waals surface area contributed by atoms with Crippen LogP contribution in [-0.4, -0.2) is 24.8 Å². The molecule has 0 amide bonds. The average Bonchev–Trinajstić information content (AvgIpc) is 2.33. The van der Waals surface area contributed by atoms with E-state index in [4.69, 9.17) is 0 Å². The topological polar surface area (TPSA) is 32.3 Å². The highest BCUT2D eigenvalue weighted by Gasteiger charge is 2.32. The molecule has 0 bridgehead atoms. The van der Waals surface area contributed by atoms with Gasteiger partial charge in [-0.3, -0.25) is 0 Å². The van der Waals surface area contributed by atoms with Crippen molar-refractivity contribution >= 4 is 0 Å². The second-order valence-electron chi connectivity index (χ2n) is 4.59. The first-order chi connectivity index (χ1) is 6.23. The maximum absolute atomic E-state index is 9.27. The lowest BCUT2D eigenvalue weighted by molar-refractivity contribution is 0.122. The number of aliphatic hydroxyl groups excluding tert-OH is 1. The lowest BCUT2D eigenvalue weighted by atomic mass is 9.76. The van der Waals surface area contributed by atoms with Crippen LogP contribution in [0.25, 0.3) is 0 Å². The Kier molecular flexibility index (Phi) is 4.20. The van der Waals surface area contributed by atoms with Gasteiger partial charge >= 0.3 is 0 Å². The summed E-state index contributed by atoms with van der Waals surface area (Å²) < 4.78 is 0. The summed E-state index contributed by atoms with van der Waals surface area (Å²) in [6.07, 6.45) is 7.93. The maximum Gasteiger partial charge on any atom is 0.0589 e. The van der Waals surface area contributed by atoms with Gasteiger partial charge in [-0.1, -0.05) is 32.6 Å². The fourth-order valence-corrected chi connectivity index (χ4v) is 2.54. The van der Waals surface area contributed by atoms with Crippen LogP contribution in [0, 0.1) is 5.41 Å². The summed E-state index contributed by atoms with van der Waals surface area (Å²) in [5.74, 6) is 0. The Morgan fingerprint density at radius 1 is 1.23 bits per heavy atom. The van der Waals surface area contributed by atoms with Crippen molar-refractivity contribution in [3.05, 3.63) is 0 Å². The summed E-state index contributed by atoms with van der Waals surface area (Å²) in [7, 11) is 1.96. The molecule has 78 valence electrons. The van der Waals surface area contributed by atoms with Gasteiger partial charge in [0.1, 0.15) is 0 Å². The SMILES string of the molecule is CNC(CO)C1(C)CCCCCC1. The Morgan fingerprint density at radius 2 is 1.77 bits per heavy atom. The lowest BCUT2D eigenvalue weighted by Crippen LogP contribution is -2.44. The van der Waals surface area contributed by atoms with E-state index in [0.717, 1.165) is 0 Å². The molecule has 0 aromatic carbocycles. The van der Waals surface area contributed by atoms with Crippen molar-refractivity contribution in [1.82, 2.24) is 5.32 Å². The van der Waals surface area contributed by atoms with Crippen molar-refractivity contribution in [2.45, 2.75) is 51.5 Å². The maximum atomic E-state index is 9.27. The van der Waals surface area contributed by atoms with E-state index in [9.17, 15) is 5.11 Å². The molecule has 1 saturated carbocycles. The van der Waals surface area contributed by atoms with Crippen molar-refractivity contribution in [3.63, 3.8) is 0 Å². The molecule has 2 N–H and O–H groups in total. The van der Waals surface area contributed by atoms with Gasteiger partial charge in [-0.25, -0.2) is 0 Å². The molecule has 0 heterocycles. The molecule has 2 nitrogen and oxygen atoms in total. The van der Waals surface area contributed by atoms with Crippen molar-refractivity contribution in [2.24, 2.45) is 5.41 Å². The van der Waals surface area contributed by atoms with E-state index in [1.165, 1.54) is 38.5 Å². The number of hydrogen-bond donors (Lipinski definition) is 2. The van der Waals surface area contributed by atoms with Gasteiger partial charge in [0.25, 0.3) is 0 Å². The van der Waals surface area contributed by atoms with Crippen LogP contribution in [0.3, 0.4) is 0 Å². The molecular weight excluding hydrogens is 162 g/mol. The number of aliphatic hydroxyl groups is 1. The zero-order valence-electron chi connectivity index (χ0n) is 8.97. The molecule has 0 spiro atoms. The summed E-state index contributed by atoms with van der Waals surface area (Å²) in [4.78, 5) is 0. The summed E-state index contributed by atoms with van der Waals surface area (Å²) in [5.41, 5.74) is 0.319. The minimum Gasteiger partial charge on any atom is -0.395 e. The Labute approximate surface area is 81.7 Å². The van der Waals surface area contributed by atoms with Crippen LogP contribution in [-0.2, 0) is 0 Å². The molecular formula is C11H23NO. The molecule has 1 aliphatic rings. The van der Waals surface area contributed by atoms with E-state index in [1.54, 1.807) is 0 Å². The van der Waals surface area contributed by atoms with Crippen LogP contribution in [0.15, 0.2) is 0 Å². The molecule has 13 heavy (non-hydrogen) atoms. The lowest BCUT2D eigenvalue weighted by Gasteiger charge is -2.36. The third kappa shape index (κ3) is 2.68. The molecule has 1 unspecified atom stereocenters. The average molecular weight is 185 g/mol. The molecule has 0 radical (unpaired) electrons. The Bertz CT molecular complexity index is 135. The van der Waals surface area contributed by atoms with Gasteiger partial charge in [0.05, 0.1) is 6.61 Å². The quantitative estimate of drug-likeness (QED) is 0.658. The van der Waals surface area contributed by atoms with E-state index in [-0.39, 0.29) is 12.6 Å². The minimum atomic E-state index is 0.271. The van der Waals surface area contributed by atoms with Gasteiger partial charge in [0, 0.05) is 6.04 Å². The summed E-state index contributed by atoms with van der Waals surface area (Å²) >= 11 is 0. The number of hydrogen-bond acceptors (Lipinski definition) is 2. The summed E-state index contributed by atoms with van der Waals surface area (Å²) in [5, 5.41) is 12.5. The normalized spacial score (nSPS) is 25.2. The Hall–Kier alpha value is -0.0800. The van der Waals surface area contributed by atoms with Crippen LogP contribution in [0.5, 0.6) is 0 Å². The molecule has 1 fully saturated rings. The molecule has 1 atom stereocenters. The molecule has 0 aliphatic heterocycles. The fourth-order valence-electron chi connectivity index (χ4n) is 2.54. The predicted octanol–water partition coefficient (Wildman–Crippen LogP) is 1.93. The predicted molar refractivity (Wildman–Crippen MR) is 55.7 cm³/mol. The van der Waals surface area contributed by atoms with E-state index in [0.29, 0.717) is 5.41 Å². The van der Waals surface area contributed by atoms with Crippen LogP contribution in [0.2, 0.25) is 0 Å². The highest BCUT2D eigenvalue weighted by molar-refractivity contribution is 4.87. The molecule has 0 aromatic heterocycles. The zero-order valence-corrected chi connectivity index (χ0v) is 8.97. The molecule has 0 saturated heterocycles. The zero-order chi connectivity index (χ0) is 9.73. The summed E-state index contributed by atoms with van der Waals surface area (Å²) in [6.45, 7) is 2.59. The smallest absolute Gasteiger partial charge is 0.0589 e. The molecule has 1 rings (SSSR count). The van der Waals surface area contributed by atoms with E-state index >= 15 is 0 Å². The second-order valence-corrected chi connectivity index (χ2v) is 4.59. The largest absolute Gasteiger partial charge is 0.395 e. The fraction of sp³-hybridized carbons (Fsp3) is 1.00. The van der Waals surface area contributed by atoms with Gasteiger partial charge in [0.15, 0.2) is 0 Å². The van der Waals surface area contributed by atoms with E-state index < -0.39 is 0 Å². The Morgan fingerprint density at radius 3 is 2.15 bits per heavy atom. The third-order valence-corrected chi connectivity index (χ3v) is 3.62. The monoisotopic (exact) mass is 185 g/mol. The van der Waals surface area contributed by atoms with Crippen molar-refractivity contribution in [3.8, 4) is 0 Å². The minimum absolute atomic E-state index is 0.271. The second kappa shape index (κ2) is 4.97. The number of likely N-dealkylation sites (N-methyl/N-ethyl adjacent to an activating group) is 1. The van der Waals surface area contributed by atoms with Crippen LogP contribution in [0.4, 0.5) is 0 Å². The summed E-state index contributed by atoms with van der Waals surface area (Å²) in [6, 6.07) is 0.283. The van der Waals surface area contributed by atoms with Crippen LogP contribution >= 0.6 is 0 Å². The molecule has 0 aromatic rings. The highest BCUT2D eigenvalue weighted by Crippen LogP contribution is 2.37. The number of rotatable bonds is 3. The van der Waals surface area contributed by atoms with E-state index in [2.05, 4.69) is 12.2 Å². The standard InChI is InChI=1S/C11H23NO/c1-11(10(9-13)12-2)7-5-3-4-6-8-11/h10,12-13H,3-9H2,1-2H3. The first-order valence-electron chi connectivity index (χ1n) is 5.51. The highest BCUT2D eigenvalue weighted by atomic mass is 16.3. The van der Waals surface area contributed by atoms with Crippen molar-refractivity contribution in [2.75, 3.05) is 13.7 Å². The van der Waals surface area contributed by atoms with Gasteiger partial charge < -0.3 is 10.4 Å². The first-order valence-corrected chi connectivity index (χ1v) is 5.51.